The van der Waals surface area contributed by atoms with Crippen molar-refractivity contribution in [1.29, 1.82) is 0 Å². The second-order valence-electron chi connectivity index (χ2n) is 26.7. The molecule has 0 saturated carbocycles. The number of hydrogen-bond acceptors (Lipinski definition) is 15. The normalized spacial score (nSPS) is 14.6. The van der Waals surface area contributed by atoms with Crippen molar-refractivity contribution >= 4 is 39.5 Å². The topological polar surface area (TPSA) is 237 Å². The lowest BCUT2D eigenvalue weighted by atomic mass is 10.1. The van der Waals surface area contributed by atoms with Crippen molar-refractivity contribution < 1.29 is 80.2 Å². The second kappa shape index (κ2) is 76.4. The third-order valence-electron chi connectivity index (χ3n) is 16.6. The molecule has 0 aliphatic rings. The number of aliphatic hydroxyl groups excluding tert-OH is 1. The number of aliphatic hydroxyl groups is 1. The van der Waals surface area contributed by atoms with E-state index in [1.807, 2.05) is 24.3 Å². The number of rotatable bonds is 75. The van der Waals surface area contributed by atoms with Crippen molar-refractivity contribution in [2.24, 2.45) is 0 Å². The zero-order chi connectivity index (χ0) is 76.0. The average Bonchev–Trinajstić information content (AvgIpc) is 0.937. The Balaban J connectivity index is 5.48. The molecule has 0 spiro atoms. The number of phosphoric ester groups is 2. The minimum absolute atomic E-state index is 0.0616. The zero-order valence-electron chi connectivity index (χ0n) is 65.2. The highest BCUT2D eigenvalue weighted by Gasteiger charge is 2.30. The molecule has 17 nitrogen and oxygen atoms in total. The van der Waals surface area contributed by atoms with Crippen LogP contribution in [0.1, 0.15) is 323 Å². The van der Waals surface area contributed by atoms with Gasteiger partial charge in [-0.15, -0.1) is 0 Å². The quantitative estimate of drug-likeness (QED) is 0.0128. The van der Waals surface area contributed by atoms with Crippen LogP contribution in [0.25, 0.3) is 0 Å². The average molecular weight is 1500 g/mol. The van der Waals surface area contributed by atoms with E-state index in [1.54, 1.807) is 0 Å². The summed E-state index contributed by atoms with van der Waals surface area (Å²) in [5.74, 6) is -2.33. The Hall–Kier alpha value is -4.80. The summed E-state index contributed by atoms with van der Waals surface area (Å²) in [6.07, 6.45) is 85.8. The predicted molar refractivity (Wildman–Crippen MR) is 427 cm³/mol. The summed E-state index contributed by atoms with van der Waals surface area (Å²) in [6, 6.07) is 0. The molecule has 0 heterocycles. The Labute approximate surface area is 631 Å². The minimum atomic E-state index is -5.00. The Morgan fingerprint density at radius 1 is 0.279 bits per heavy atom. The number of allylic oxidation sites excluding steroid dienone is 22. The van der Waals surface area contributed by atoms with Gasteiger partial charge in [-0.25, -0.2) is 9.13 Å². The molecule has 2 unspecified atom stereocenters. The van der Waals surface area contributed by atoms with E-state index in [2.05, 4.69) is 137 Å². The highest BCUT2D eigenvalue weighted by molar-refractivity contribution is 7.47. The monoisotopic (exact) mass is 1500 g/mol. The molecule has 0 radical (unpaired) electrons. The van der Waals surface area contributed by atoms with Crippen molar-refractivity contribution in [2.45, 2.75) is 341 Å². The molecular formula is C85H144O17P2. The third kappa shape index (κ3) is 75.4. The van der Waals surface area contributed by atoms with Gasteiger partial charge in [-0.1, -0.05) is 277 Å². The van der Waals surface area contributed by atoms with Gasteiger partial charge in [0, 0.05) is 25.7 Å². The smallest absolute Gasteiger partial charge is 0.462 e. The Bertz CT molecular complexity index is 2490. The van der Waals surface area contributed by atoms with Crippen LogP contribution >= 0.6 is 15.6 Å². The summed E-state index contributed by atoms with van der Waals surface area (Å²) < 4.78 is 68.5. The molecule has 3 N–H and O–H groups in total. The van der Waals surface area contributed by atoms with Crippen LogP contribution in [0, 0.1) is 0 Å². The van der Waals surface area contributed by atoms with E-state index in [9.17, 15) is 43.2 Å². The predicted octanol–water partition coefficient (Wildman–Crippen LogP) is 23.7. The second-order valence-corrected chi connectivity index (χ2v) is 29.6. The molecule has 0 aromatic rings. The molecular weight excluding hydrogens is 1350 g/mol. The van der Waals surface area contributed by atoms with E-state index in [-0.39, 0.29) is 25.7 Å². The first-order valence-corrected chi connectivity index (χ1v) is 43.4. The van der Waals surface area contributed by atoms with Crippen LogP contribution in [0.3, 0.4) is 0 Å². The number of carbonyl (C=O) groups is 4. The lowest BCUT2D eigenvalue weighted by Gasteiger charge is -2.21. The van der Waals surface area contributed by atoms with E-state index in [4.69, 9.17) is 37.0 Å². The Morgan fingerprint density at radius 2 is 0.510 bits per heavy atom. The van der Waals surface area contributed by atoms with E-state index in [1.165, 1.54) is 103 Å². The molecule has 0 bridgehead atoms. The maximum absolute atomic E-state index is 13.1. The molecule has 0 aromatic heterocycles. The van der Waals surface area contributed by atoms with E-state index in [0.29, 0.717) is 38.5 Å². The lowest BCUT2D eigenvalue weighted by Crippen LogP contribution is -2.30. The number of hydrogen-bond donors (Lipinski definition) is 3. The fourth-order valence-electron chi connectivity index (χ4n) is 10.4. The van der Waals surface area contributed by atoms with Crippen LogP contribution in [-0.4, -0.2) is 96.7 Å². The van der Waals surface area contributed by atoms with Crippen molar-refractivity contribution in [1.82, 2.24) is 0 Å². The first kappa shape index (κ1) is 99.2. The van der Waals surface area contributed by atoms with Crippen LogP contribution in [0.5, 0.6) is 0 Å². The highest BCUT2D eigenvalue weighted by Crippen LogP contribution is 2.45. The van der Waals surface area contributed by atoms with Crippen LogP contribution in [0.2, 0.25) is 0 Å². The number of esters is 4. The number of carbonyl (C=O) groups excluding carboxylic acids is 4. The number of ether oxygens (including phenoxy) is 4. The molecule has 19 heteroatoms. The van der Waals surface area contributed by atoms with Crippen LogP contribution < -0.4 is 0 Å². The first-order chi connectivity index (χ1) is 50.7. The van der Waals surface area contributed by atoms with Crippen LogP contribution in [0.15, 0.2) is 134 Å². The van der Waals surface area contributed by atoms with Gasteiger partial charge in [0.15, 0.2) is 12.2 Å². The van der Waals surface area contributed by atoms with Crippen molar-refractivity contribution in [3.63, 3.8) is 0 Å². The summed E-state index contributed by atoms with van der Waals surface area (Å²) in [6.45, 7) is 4.65. The van der Waals surface area contributed by atoms with Gasteiger partial charge < -0.3 is 33.8 Å². The highest BCUT2D eigenvalue weighted by atomic mass is 31.2. The van der Waals surface area contributed by atoms with Gasteiger partial charge in [-0.05, 0) is 154 Å². The molecule has 5 atom stereocenters. The van der Waals surface area contributed by atoms with Crippen molar-refractivity contribution in [3.8, 4) is 0 Å². The van der Waals surface area contributed by atoms with Gasteiger partial charge >= 0.3 is 39.5 Å². The molecule has 0 saturated heterocycles. The Morgan fingerprint density at radius 3 is 0.846 bits per heavy atom. The van der Waals surface area contributed by atoms with Gasteiger partial charge in [0.1, 0.15) is 19.3 Å². The molecule has 0 aromatic carbocycles. The molecule has 596 valence electrons. The summed E-state index contributed by atoms with van der Waals surface area (Å²) in [5, 5.41) is 10.6. The molecule has 0 aliphatic carbocycles. The lowest BCUT2D eigenvalue weighted by molar-refractivity contribution is -0.161. The fraction of sp³-hybridized carbons (Fsp3) is 0.694. The SMILES string of the molecule is CCCCC/C=C\C/C=C\C/C=C\C/C=C\CCCC(=O)OC[C@H](COP(=O)(O)OC[C@H](O)COP(=O)(O)OC[C@@H](COC(=O)CCC/C=C\C/C=C\C/C=C\C/C=C\CCCCC)OC(=O)CCCCCCC/C=C\CCCCCCCC)OC(=O)CCCCCCC/C=C\C=C/CCCCCC. The van der Waals surface area contributed by atoms with E-state index in [0.717, 1.165) is 128 Å². The van der Waals surface area contributed by atoms with Crippen LogP contribution in [-0.2, 0) is 65.4 Å². The molecule has 0 aliphatic heterocycles. The van der Waals surface area contributed by atoms with E-state index < -0.39 is 97.5 Å². The fourth-order valence-corrected chi connectivity index (χ4v) is 11.9. The number of unbranched alkanes of at least 4 members (excludes halogenated alkanes) is 28. The zero-order valence-corrected chi connectivity index (χ0v) is 66.9. The maximum Gasteiger partial charge on any atom is 0.472 e. The summed E-state index contributed by atoms with van der Waals surface area (Å²) in [7, 11) is -10.00. The van der Waals surface area contributed by atoms with Crippen molar-refractivity contribution in [2.75, 3.05) is 39.6 Å². The van der Waals surface area contributed by atoms with Gasteiger partial charge in [0.25, 0.3) is 0 Å². The largest absolute Gasteiger partial charge is 0.472 e. The summed E-state index contributed by atoms with van der Waals surface area (Å²) in [4.78, 5) is 73.0. The minimum Gasteiger partial charge on any atom is -0.462 e. The molecule has 0 rings (SSSR count). The molecule has 104 heavy (non-hydrogen) atoms. The molecule has 0 amide bonds. The van der Waals surface area contributed by atoms with Gasteiger partial charge in [0.2, 0.25) is 0 Å². The first-order valence-electron chi connectivity index (χ1n) is 40.4. The standard InChI is InChI=1S/C85H144O17P2/c1-5-9-13-17-21-25-29-33-37-39-43-45-49-53-57-61-65-69-82(87)95-75-80(101-84(89)71-67-63-59-55-51-47-41-35-31-27-23-19-15-11-7-3)77-99-103(91,92)97-73-79(86)74-98-104(93,94)100-78-81(102-85(90)72-68-64-60-56-52-48-42-36-32-28-24-20-16-12-8-4)76-96-83(88)70-66-62-58-54-50-46-44-40-38-34-30-26-22-18-14-10-6-2/h21-22,25-27,31,33-38,41-46,53-54,57-58,79-81,86H,5-20,23-24,28-30,32,39-40,47-52,55-56,59-78H2,1-4H3,(H,91,92)(H,93,94)/b25-21-,26-22-,31-27-,37-33-,38-34-,41-35-,42-36-,45-43-,46-44-,57-53-,58-54-/t79-,80+,81+/m0/s1. The number of phosphoric acid groups is 2. The maximum atomic E-state index is 13.1. The molecule has 0 fully saturated rings. The van der Waals surface area contributed by atoms with Gasteiger partial charge in [-0.3, -0.25) is 37.3 Å². The summed E-state index contributed by atoms with van der Waals surface area (Å²) in [5.41, 5.74) is 0. The van der Waals surface area contributed by atoms with Crippen LogP contribution in [0.4, 0.5) is 0 Å². The van der Waals surface area contributed by atoms with E-state index >= 15 is 0 Å². The Kier molecular flexibility index (Phi) is 72.9. The van der Waals surface area contributed by atoms with Gasteiger partial charge in [-0.2, -0.15) is 0 Å². The summed E-state index contributed by atoms with van der Waals surface area (Å²) >= 11 is 0. The third-order valence-corrected chi connectivity index (χ3v) is 18.5. The van der Waals surface area contributed by atoms with Gasteiger partial charge in [0.05, 0.1) is 26.4 Å². The van der Waals surface area contributed by atoms with Crippen molar-refractivity contribution in [3.05, 3.63) is 134 Å².